The van der Waals surface area contributed by atoms with Crippen LogP contribution in [0.3, 0.4) is 0 Å². The van der Waals surface area contributed by atoms with E-state index in [0.29, 0.717) is 5.41 Å². The van der Waals surface area contributed by atoms with Crippen molar-refractivity contribution < 1.29 is 5.11 Å². The average molecular weight is 154 g/mol. The summed E-state index contributed by atoms with van der Waals surface area (Å²) in [6.07, 6.45) is 1.86. The van der Waals surface area contributed by atoms with Crippen molar-refractivity contribution in [3.05, 3.63) is 11.1 Å². The van der Waals surface area contributed by atoms with Crippen LogP contribution in [0.4, 0.5) is 0 Å². The Morgan fingerprint density at radius 2 is 1.91 bits per heavy atom. The van der Waals surface area contributed by atoms with Crippen LogP contribution in [0, 0.1) is 5.41 Å². The lowest BCUT2D eigenvalue weighted by Crippen LogP contribution is -2.26. The number of hydrogen-bond donors (Lipinski definition) is 1. The topological polar surface area (TPSA) is 20.2 Å². The van der Waals surface area contributed by atoms with Gasteiger partial charge in [-0.15, -0.1) is 0 Å². The van der Waals surface area contributed by atoms with E-state index in [9.17, 15) is 5.11 Å². The molecule has 0 aliphatic heterocycles. The van der Waals surface area contributed by atoms with E-state index < -0.39 is 0 Å². The van der Waals surface area contributed by atoms with Crippen LogP contribution in [-0.4, -0.2) is 11.2 Å². The second-order valence-electron chi connectivity index (χ2n) is 4.25. The molecule has 0 aromatic rings. The lowest BCUT2D eigenvalue weighted by atomic mass is 9.73. The highest BCUT2D eigenvalue weighted by atomic mass is 16.3. The Kier molecular flexibility index (Phi) is 2.10. The average Bonchev–Trinajstić information content (AvgIpc) is 1.95. The lowest BCUT2D eigenvalue weighted by molar-refractivity contribution is 0.161. The van der Waals surface area contributed by atoms with Gasteiger partial charge in [-0.1, -0.05) is 19.4 Å². The molecule has 1 aliphatic carbocycles. The maximum atomic E-state index is 9.52. The molecule has 1 atom stereocenters. The van der Waals surface area contributed by atoms with Gasteiger partial charge in [0, 0.05) is 0 Å². The summed E-state index contributed by atoms with van der Waals surface area (Å²) in [5, 5.41) is 9.52. The third-order valence-electron chi connectivity index (χ3n) is 3.15. The lowest BCUT2D eigenvalue weighted by Gasteiger charge is -2.35. The predicted octanol–water partition coefficient (Wildman–Crippen LogP) is 2.50. The molecule has 0 aromatic heterocycles. The molecule has 0 bridgehead atoms. The summed E-state index contributed by atoms with van der Waals surface area (Å²) in [6, 6.07) is 0. The first-order valence-electron chi connectivity index (χ1n) is 4.31. The summed E-state index contributed by atoms with van der Waals surface area (Å²) < 4.78 is 0. The standard InChI is InChI=1S/C10H18O/c1-7-8(2)10(3,4)6-5-9(7)11/h9,11H,5-6H2,1-4H3. The Morgan fingerprint density at radius 1 is 1.36 bits per heavy atom. The fourth-order valence-electron chi connectivity index (χ4n) is 1.69. The van der Waals surface area contributed by atoms with Crippen molar-refractivity contribution in [3.8, 4) is 0 Å². The molecule has 11 heavy (non-hydrogen) atoms. The fourth-order valence-corrected chi connectivity index (χ4v) is 1.69. The SMILES string of the molecule is CC1=C(C)C(C)(C)CCC1O. The van der Waals surface area contributed by atoms with E-state index in [2.05, 4.69) is 20.8 Å². The Balaban J connectivity index is 2.97. The zero-order valence-electron chi connectivity index (χ0n) is 7.94. The normalized spacial score (nSPS) is 30.8. The Bertz CT molecular complexity index is 189. The van der Waals surface area contributed by atoms with Crippen LogP contribution in [0.15, 0.2) is 11.1 Å². The number of aliphatic hydroxyl groups excluding tert-OH is 1. The van der Waals surface area contributed by atoms with E-state index in [-0.39, 0.29) is 6.10 Å². The summed E-state index contributed by atoms with van der Waals surface area (Å²) in [5.74, 6) is 0. The zero-order chi connectivity index (χ0) is 8.65. The first-order chi connectivity index (χ1) is 4.95. The van der Waals surface area contributed by atoms with Gasteiger partial charge < -0.3 is 5.11 Å². The maximum Gasteiger partial charge on any atom is 0.0750 e. The monoisotopic (exact) mass is 154 g/mol. The molecule has 1 heteroatoms. The minimum Gasteiger partial charge on any atom is -0.389 e. The van der Waals surface area contributed by atoms with E-state index in [0.717, 1.165) is 12.8 Å². The van der Waals surface area contributed by atoms with Crippen molar-refractivity contribution in [2.24, 2.45) is 5.41 Å². The van der Waals surface area contributed by atoms with Crippen LogP contribution in [-0.2, 0) is 0 Å². The largest absolute Gasteiger partial charge is 0.389 e. The highest BCUT2D eigenvalue weighted by molar-refractivity contribution is 5.23. The Labute approximate surface area is 69.1 Å². The van der Waals surface area contributed by atoms with Gasteiger partial charge in [0.25, 0.3) is 0 Å². The summed E-state index contributed by atoms with van der Waals surface area (Å²) in [5.41, 5.74) is 2.86. The molecule has 1 aliphatic rings. The van der Waals surface area contributed by atoms with Gasteiger partial charge in [0.15, 0.2) is 0 Å². The number of allylic oxidation sites excluding steroid dienone is 1. The molecule has 0 fully saturated rings. The van der Waals surface area contributed by atoms with E-state index in [1.54, 1.807) is 0 Å². The van der Waals surface area contributed by atoms with Crippen LogP contribution in [0.25, 0.3) is 0 Å². The van der Waals surface area contributed by atoms with Gasteiger partial charge >= 0.3 is 0 Å². The van der Waals surface area contributed by atoms with Gasteiger partial charge in [0.1, 0.15) is 0 Å². The first kappa shape index (κ1) is 8.79. The van der Waals surface area contributed by atoms with Gasteiger partial charge in [-0.25, -0.2) is 0 Å². The molecule has 1 unspecified atom stereocenters. The molecule has 0 aromatic carbocycles. The van der Waals surface area contributed by atoms with Crippen molar-refractivity contribution in [3.63, 3.8) is 0 Å². The van der Waals surface area contributed by atoms with Crippen LogP contribution in [0.1, 0.15) is 40.5 Å². The highest BCUT2D eigenvalue weighted by Crippen LogP contribution is 2.39. The molecule has 0 heterocycles. The fraction of sp³-hybridized carbons (Fsp3) is 0.800. The maximum absolute atomic E-state index is 9.52. The second kappa shape index (κ2) is 2.63. The molecule has 0 spiro atoms. The van der Waals surface area contributed by atoms with Gasteiger partial charge in [0.2, 0.25) is 0 Å². The number of hydrogen-bond acceptors (Lipinski definition) is 1. The van der Waals surface area contributed by atoms with Gasteiger partial charge in [-0.2, -0.15) is 0 Å². The van der Waals surface area contributed by atoms with Crippen molar-refractivity contribution in [1.82, 2.24) is 0 Å². The Morgan fingerprint density at radius 3 is 2.36 bits per heavy atom. The molecule has 1 rings (SSSR count). The van der Waals surface area contributed by atoms with E-state index >= 15 is 0 Å². The quantitative estimate of drug-likeness (QED) is 0.531. The van der Waals surface area contributed by atoms with Crippen molar-refractivity contribution in [2.75, 3.05) is 0 Å². The highest BCUT2D eigenvalue weighted by Gasteiger charge is 2.29. The van der Waals surface area contributed by atoms with Crippen molar-refractivity contribution in [2.45, 2.75) is 46.6 Å². The molecule has 0 saturated carbocycles. The van der Waals surface area contributed by atoms with Crippen LogP contribution >= 0.6 is 0 Å². The third-order valence-corrected chi connectivity index (χ3v) is 3.15. The minimum atomic E-state index is -0.178. The van der Waals surface area contributed by atoms with Crippen LogP contribution in [0.2, 0.25) is 0 Å². The van der Waals surface area contributed by atoms with E-state index in [4.69, 9.17) is 0 Å². The molecule has 1 nitrogen and oxygen atoms in total. The molecule has 0 saturated heterocycles. The van der Waals surface area contributed by atoms with Crippen molar-refractivity contribution >= 4 is 0 Å². The molecule has 0 amide bonds. The Hall–Kier alpha value is -0.300. The summed E-state index contributed by atoms with van der Waals surface area (Å²) >= 11 is 0. The molecular formula is C10H18O. The van der Waals surface area contributed by atoms with E-state index in [1.807, 2.05) is 6.92 Å². The predicted molar refractivity (Wildman–Crippen MR) is 47.4 cm³/mol. The number of aliphatic hydroxyl groups is 1. The second-order valence-corrected chi connectivity index (χ2v) is 4.25. The van der Waals surface area contributed by atoms with Gasteiger partial charge in [-0.05, 0) is 37.7 Å². The summed E-state index contributed by atoms with van der Waals surface area (Å²) in [6.45, 7) is 8.67. The third kappa shape index (κ3) is 1.48. The van der Waals surface area contributed by atoms with Crippen molar-refractivity contribution in [1.29, 1.82) is 0 Å². The van der Waals surface area contributed by atoms with E-state index in [1.165, 1.54) is 11.1 Å². The molecule has 0 radical (unpaired) electrons. The molecular weight excluding hydrogens is 136 g/mol. The van der Waals surface area contributed by atoms with Gasteiger partial charge in [-0.3, -0.25) is 0 Å². The minimum absolute atomic E-state index is 0.178. The zero-order valence-corrected chi connectivity index (χ0v) is 7.94. The summed E-state index contributed by atoms with van der Waals surface area (Å²) in [7, 11) is 0. The molecule has 1 N–H and O–H groups in total. The van der Waals surface area contributed by atoms with Gasteiger partial charge in [0.05, 0.1) is 6.10 Å². The smallest absolute Gasteiger partial charge is 0.0750 e. The molecule has 64 valence electrons. The van der Waals surface area contributed by atoms with Crippen LogP contribution < -0.4 is 0 Å². The summed E-state index contributed by atoms with van der Waals surface area (Å²) in [4.78, 5) is 0. The first-order valence-corrected chi connectivity index (χ1v) is 4.31. The van der Waals surface area contributed by atoms with Crippen LogP contribution in [0.5, 0.6) is 0 Å². The number of rotatable bonds is 0.